The fourth-order valence-electron chi connectivity index (χ4n) is 1.10. The second-order valence-corrected chi connectivity index (χ2v) is 4.52. The van der Waals surface area contributed by atoms with E-state index in [0.29, 0.717) is 13.0 Å². The molecule has 1 aromatic rings. The maximum atomic E-state index is 11.6. The van der Waals surface area contributed by atoms with Gasteiger partial charge in [-0.25, -0.2) is 4.79 Å². The van der Waals surface area contributed by atoms with Gasteiger partial charge in [0.05, 0.1) is 12.5 Å². The highest BCUT2D eigenvalue weighted by atomic mass is 127. The molecule has 0 fully saturated rings. The maximum absolute atomic E-state index is 11.6. The van der Waals surface area contributed by atoms with Crippen LogP contribution in [0.4, 0.5) is 10.5 Å². The summed E-state index contributed by atoms with van der Waals surface area (Å²) in [4.78, 5) is 13.1. The summed E-state index contributed by atoms with van der Waals surface area (Å²) in [7, 11) is 1.67. The van der Waals surface area contributed by atoms with Gasteiger partial charge in [-0.3, -0.25) is 0 Å². The van der Waals surface area contributed by atoms with Crippen molar-refractivity contribution in [2.24, 2.45) is 0 Å². The highest BCUT2D eigenvalue weighted by Gasteiger charge is 2.07. The Morgan fingerprint density at radius 2 is 2.38 bits per heavy atom. The molecule has 1 rings (SSSR count). The standard InChI is InChI=1S/C11H12IN3O/c1-15(7-3-6-13)11(16)14-10-5-2-4-9(12)8-10/h2,4-5,8H,3,7H2,1H3,(H,14,16). The lowest BCUT2D eigenvalue weighted by Crippen LogP contribution is -2.31. The minimum Gasteiger partial charge on any atom is -0.327 e. The van der Waals surface area contributed by atoms with Crippen LogP contribution in [0.25, 0.3) is 0 Å². The summed E-state index contributed by atoms with van der Waals surface area (Å²) in [5.74, 6) is 0. The summed E-state index contributed by atoms with van der Waals surface area (Å²) < 4.78 is 1.06. The number of hydrogen-bond donors (Lipinski definition) is 1. The SMILES string of the molecule is CN(CCC#N)C(=O)Nc1cccc(I)c1. The molecule has 0 saturated carbocycles. The summed E-state index contributed by atoms with van der Waals surface area (Å²) in [5.41, 5.74) is 0.765. The van der Waals surface area contributed by atoms with Crippen molar-refractivity contribution < 1.29 is 4.79 Å². The Morgan fingerprint density at radius 1 is 1.62 bits per heavy atom. The summed E-state index contributed by atoms with van der Waals surface area (Å²) in [5, 5.41) is 11.2. The van der Waals surface area contributed by atoms with E-state index < -0.39 is 0 Å². The summed E-state index contributed by atoms with van der Waals surface area (Å²) >= 11 is 2.18. The average Bonchev–Trinajstić information content (AvgIpc) is 2.25. The van der Waals surface area contributed by atoms with E-state index in [1.54, 1.807) is 7.05 Å². The van der Waals surface area contributed by atoms with Crippen LogP contribution in [0.1, 0.15) is 6.42 Å². The maximum Gasteiger partial charge on any atom is 0.321 e. The van der Waals surface area contributed by atoms with Crippen molar-refractivity contribution in [3.8, 4) is 6.07 Å². The van der Waals surface area contributed by atoms with Crippen LogP contribution in [-0.2, 0) is 0 Å². The molecule has 1 N–H and O–H groups in total. The number of benzene rings is 1. The molecule has 0 unspecified atom stereocenters. The molecule has 0 radical (unpaired) electrons. The molecule has 0 aliphatic heterocycles. The first-order valence-electron chi connectivity index (χ1n) is 4.78. The Hall–Kier alpha value is -1.29. The molecule has 2 amide bonds. The molecule has 0 bridgehead atoms. The fourth-order valence-corrected chi connectivity index (χ4v) is 1.65. The van der Waals surface area contributed by atoms with Crippen molar-refractivity contribution in [1.29, 1.82) is 5.26 Å². The lowest BCUT2D eigenvalue weighted by atomic mass is 10.3. The molecule has 4 nitrogen and oxygen atoms in total. The van der Waals surface area contributed by atoms with Gasteiger partial charge in [0.1, 0.15) is 0 Å². The number of nitriles is 1. The van der Waals surface area contributed by atoms with Gasteiger partial charge in [0.2, 0.25) is 0 Å². The normalized spacial score (nSPS) is 9.31. The van der Waals surface area contributed by atoms with Gasteiger partial charge in [-0.15, -0.1) is 0 Å². The molecule has 5 heteroatoms. The van der Waals surface area contributed by atoms with E-state index in [1.165, 1.54) is 4.90 Å². The molecule has 0 aliphatic rings. The van der Waals surface area contributed by atoms with E-state index in [4.69, 9.17) is 5.26 Å². The third-order valence-electron chi connectivity index (χ3n) is 1.98. The Morgan fingerprint density at radius 3 is 3.00 bits per heavy atom. The topological polar surface area (TPSA) is 56.1 Å². The van der Waals surface area contributed by atoms with Gasteiger partial charge in [0.15, 0.2) is 0 Å². The third kappa shape index (κ3) is 4.06. The van der Waals surface area contributed by atoms with Gasteiger partial charge < -0.3 is 10.2 Å². The van der Waals surface area contributed by atoms with E-state index in [9.17, 15) is 4.79 Å². The first-order valence-corrected chi connectivity index (χ1v) is 5.86. The quantitative estimate of drug-likeness (QED) is 0.867. The molecule has 0 atom stereocenters. The molecule has 0 aliphatic carbocycles. The second kappa shape index (κ2) is 6.33. The van der Waals surface area contributed by atoms with Crippen LogP contribution in [0.5, 0.6) is 0 Å². The Kier molecular flexibility index (Phi) is 5.05. The number of carbonyl (C=O) groups is 1. The lowest BCUT2D eigenvalue weighted by molar-refractivity contribution is 0.223. The van der Waals surface area contributed by atoms with Crippen LogP contribution in [0, 0.1) is 14.9 Å². The number of urea groups is 1. The largest absolute Gasteiger partial charge is 0.327 e. The van der Waals surface area contributed by atoms with Crippen molar-refractivity contribution in [2.75, 3.05) is 18.9 Å². The average molecular weight is 329 g/mol. The van der Waals surface area contributed by atoms with Crippen molar-refractivity contribution in [3.63, 3.8) is 0 Å². The predicted molar refractivity (Wildman–Crippen MR) is 71.0 cm³/mol. The van der Waals surface area contributed by atoms with Gasteiger partial charge in [0, 0.05) is 22.8 Å². The van der Waals surface area contributed by atoms with Crippen LogP contribution in [0.3, 0.4) is 0 Å². The zero-order chi connectivity index (χ0) is 12.0. The molecule has 0 heterocycles. The van der Waals surface area contributed by atoms with Gasteiger partial charge in [0.25, 0.3) is 0 Å². The molecule has 16 heavy (non-hydrogen) atoms. The van der Waals surface area contributed by atoms with Crippen LogP contribution in [-0.4, -0.2) is 24.5 Å². The van der Waals surface area contributed by atoms with E-state index in [2.05, 4.69) is 27.9 Å². The highest BCUT2D eigenvalue weighted by Crippen LogP contribution is 2.12. The molecule has 84 valence electrons. The first kappa shape index (κ1) is 12.8. The number of carbonyl (C=O) groups excluding carboxylic acids is 1. The molecule has 0 spiro atoms. The predicted octanol–water partition coefficient (Wildman–Crippen LogP) is 2.67. The Labute approximate surface area is 108 Å². The second-order valence-electron chi connectivity index (χ2n) is 3.27. The number of halogens is 1. The summed E-state index contributed by atoms with van der Waals surface area (Å²) in [6.45, 7) is 0.437. The number of anilines is 1. The number of amides is 2. The number of nitrogens with one attached hydrogen (secondary N) is 1. The smallest absolute Gasteiger partial charge is 0.321 e. The zero-order valence-electron chi connectivity index (χ0n) is 8.90. The van der Waals surface area contributed by atoms with E-state index in [1.807, 2.05) is 30.3 Å². The van der Waals surface area contributed by atoms with E-state index in [-0.39, 0.29) is 6.03 Å². The van der Waals surface area contributed by atoms with Crippen LogP contribution in [0.15, 0.2) is 24.3 Å². The first-order chi connectivity index (χ1) is 7.63. The van der Waals surface area contributed by atoms with Crippen LogP contribution < -0.4 is 5.32 Å². The summed E-state index contributed by atoms with van der Waals surface area (Å²) in [6, 6.07) is 9.36. The molecule has 0 saturated heterocycles. The van der Waals surface area contributed by atoms with Crippen molar-refractivity contribution in [2.45, 2.75) is 6.42 Å². The van der Waals surface area contributed by atoms with Crippen molar-refractivity contribution in [3.05, 3.63) is 27.8 Å². The monoisotopic (exact) mass is 329 g/mol. The number of nitrogens with zero attached hydrogens (tertiary/aromatic N) is 2. The Balaban J connectivity index is 2.54. The van der Waals surface area contributed by atoms with Gasteiger partial charge in [-0.2, -0.15) is 5.26 Å². The summed E-state index contributed by atoms with van der Waals surface area (Å²) in [6.07, 6.45) is 0.343. The molecular weight excluding hydrogens is 317 g/mol. The highest BCUT2D eigenvalue weighted by molar-refractivity contribution is 14.1. The lowest BCUT2D eigenvalue weighted by Gasteiger charge is -2.16. The zero-order valence-corrected chi connectivity index (χ0v) is 11.1. The van der Waals surface area contributed by atoms with Crippen LogP contribution >= 0.6 is 22.6 Å². The van der Waals surface area contributed by atoms with Gasteiger partial charge >= 0.3 is 6.03 Å². The van der Waals surface area contributed by atoms with Gasteiger partial charge in [-0.05, 0) is 40.8 Å². The minimum atomic E-state index is -0.197. The van der Waals surface area contributed by atoms with Gasteiger partial charge in [-0.1, -0.05) is 6.07 Å². The van der Waals surface area contributed by atoms with E-state index in [0.717, 1.165) is 9.26 Å². The number of hydrogen-bond acceptors (Lipinski definition) is 2. The number of rotatable bonds is 3. The van der Waals surface area contributed by atoms with Crippen LogP contribution in [0.2, 0.25) is 0 Å². The third-order valence-corrected chi connectivity index (χ3v) is 2.65. The molecule has 1 aromatic carbocycles. The van der Waals surface area contributed by atoms with E-state index >= 15 is 0 Å². The molecular formula is C11H12IN3O. The fraction of sp³-hybridized carbons (Fsp3) is 0.273. The van der Waals surface area contributed by atoms with Crippen molar-refractivity contribution >= 4 is 34.3 Å². The Bertz CT molecular complexity index is 414. The molecule has 0 aromatic heterocycles. The minimum absolute atomic E-state index is 0.197. The van der Waals surface area contributed by atoms with Crippen molar-refractivity contribution in [1.82, 2.24) is 4.90 Å².